The van der Waals surface area contributed by atoms with Gasteiger partial charge in [0.15, 0.2) is 0 Å². The Bertz CT molecular complexity index is 1960. The Labute approximate surface area is 251 Å². The highest BCUT2D eigenvalue weighted by Crippen LogP contribution is 2.35. The number of hydrogen-bond acceptors (Lipinski definition) is 5. The Morgan fingerprint density at radius 2 is 0.909 bits per heavy atom. The van der Waals surface area contributed by atoms with Crippen molar-refractivity contribution in [3.63, 3.8) is 0 Å². The predicted molar refractivity (Wildman–Crippen MR) is 169 cm³/mol. The lowest BCUT2D eigenvalue weighted by atomic mass is 10.0. The molecule has 44 heavy (non-hydrogen) atoms. The molecule has 0 N–H and O–H groups in total. The number of aliphatic imine (C=N–C) groups is 1. The standard InChI is InChI=1S/C36H24F3N5/c37-36(38,39)28-14-16-29(17-15-28)41-42-30-18-20-31(21-19-30)43-44-35-23-22-34(32-8-4-5-9-33(32)35)40-24-25-10-12-27(13-11-25)26-6-2-1-3-7-26/h1-24H. The third-order valence-corrected chi connectivity index (χ3v) is 6.85. The first-order chi connectivity index (χ1) is 21.4. The van der Waals surface area contributed by atoms with Crippen molar-refractivity contribution in [2.45, 2.75) is 6.18 Å². The van der Waals surface area contributed by atoms with Crippen molar-refractivity contribution in [1.29, 1.82) is 0 Å². The molecule has 8 heteroatoms. The molecule has 6 rings (SSSR count). The van der Waals surface area contributed by atoms with Crippen LogP contribution in [-0.2, 0) is 6.18 Å². The van der Waals surface area contributed by atoms with Crippen molar-refractivity contribution < 1.29 is 13.2 Å². The van der Waals surface area contributed by atoms with Gasteiger partial charge in [-0.1, -0.05) is 78.9 Å². The Morgan fingerprint density at radius 1 is 0.432 bits per heavy atom. The van der Waals surface area contributed by atoms with Gasteiger partial charge in [0.2, 0.25) is 0 Å². The maximum Gasteiger partial charge on any atom is 0.416 e. The van der Waals surface area contributed by atoms with Crippen molar-refractivity contribution in [3.05, 3.63) is 151 Å². The zero-order valence-electron chi connectivity index (χ0n) is 23.2. The number of azo groups is 2. The number of hydrogen-bond donors (Lipinski definition) is 0. The van der Waals surface area contributed by atoms with Crippen molar-refractivity contribution in [1.82, 2.24) is 0 Å². The number of benzene rings is 6. The van der Waals surface area contributed by atoms with Gasteiger partial charge < -0.3 is 0 Å². The minimum Gasteiger partial charge on any atom is -0.256 e. The van der Waals surface area contributed by atoms with E-state index in [1.807, 2.05) is 60.8 Å². The van der Waals surface area contributed by atoms with E-state index in [0.717, 1.165) is 39.7 Å². The summed E-state index contributed by atoms with van der Waals surface area (Å²) < 4.78 is 38.2. The van der Waals surface area contributed by atoms with Gasteiger partial charge >= 0.3 is 6.18 Å². The summed E-state index contributed by atoms with van der Waals surface area (Å²) in [5, 5.41) is 18.8. The Hall–Kier alpha value is -5.76. The van der Waals surface area contributed by atoms with Crippen LogP contribution in [0.2, 0.25) is 0 Å². The van der Waals surface area contributed by atoms with Gasteiger partial charge in [0.05, 0.1) is 34.0 Å². The highest BCUT2D eigenvalue weighted by Gasteiger charge is 2.29. The molecule has 5 nitrogen and oxygen atoms in total. The van der Waals surface area contributed by atoms with Gasteiger partial charge in [0, 0.05) is 17.0 Å². The lowest BCUT2D eigenvalue weighted by molar-refractivity contribution is -0.137. The molecule has 0 atom stereocenters. The molecule has 0 saturated heterocycles. The van der Waals surface area contributed by atoms with Crippen molar-refractivity contribution in [2.24, 2.45) is 25.4 Å². The summed E-state index contributed by atoms with van der Waals surface area (Å²) in [7, 11) is 0. The molecule has 0 spiro atoms. The monoisotopic (exact) mass is 583 g/mol. The highest BCUT2D eigenvalue weighted by atomic mass is 19.4. The van der Waals surface area contributed by atoms with E-state index in [1.54, 1.807) is 24.3 Å². The van der Waals surface area contributed by atoms with Crippen LogP contribution in [0.15, 0.2) is 165 Å². The van der Waals surface area contributed by atoms with E-state index in [1.165, 1.54) is 17.7 Å². The lowest BCUT2D eigenvalue weighted by Crippen LogP contribution is -2.03. The quantitative estimate of drug-likeness (QED) is 0.133. The molecular weight excluding hydrogens is 559 g/mol. The largest absolute Gasteiger partial charge is 0.416 e. The Kier molecular flexibility index (Phi) is 8.14. The number of alkyl halides is 3. The molecule has 0 fully saturated rings. The second-order valence-corrected chi connectivity index (χ2v) is 9.86. The number of fused-ring (bicyclic) bond motifs is 1. The normalized spacial score (nSPS) is 12.2. The molecule has 214 valence electrons. The van der Waals surface area contributed by atoms with E-state index >= 15 is 0 Å². The Morgan fingerprint density at radius 3 is 1.50 bits per heavy atom. The summed E-state index contributed by atoms with van der Waals surface area (Å²) >= 11 is 0. The summed E-state index contributed by atoms with van der Waals surface area (Å²) in [5.41, 5.74) is 5.60. The van der Waals surface area contributed by atoms with Gasteiger partial charge in [0.1, 0.15) is 0 Å². The second kappa shape index (κ2) is 12.6. The Balaban J connectivity index is 1.15. The van der Waals surface area contributed by atoms with Crippen LogP contribution in [0.3, 0.4) is 0 Å². The molecule has 0 bridgehead atoms. The molecule has 0 saturated carbocycles. The van der Waals surface area contributed by atoms with Crippen LogP contribution in [0.5, 0.6) is 0 Å². The summed E-state index contributed by atoms with van der Waals surface area (Å²) in [4.78, 5) is 4.76. The fraction of sp³-hybridized carbons (Fsp3) is 0.0278. The molecule has 0 aromatic heterocycles. The van der Waals surface area contributed by atoms with Gasteiger partial charge in [-0.05, 0) is 77.4 Å². The van der Waals surface area contributed by atoms with Crippen LogP contribution < -0.4 is 0 Å². The third kappa shape index (κ3) is 6.82. The average molecular weight is 584 g/mol. The van der Waals surface area contributed by atoms with Gasteiger partial charge in [-0.15, -0.1) is 5.11 Å². The molecule has 6 aromatic rings. The second-order valence-electron chi connectivity index (χ2n) is 9.86. The fourth-order valence-electron chi connectivity index (χ4n) is 4.53. The average Bonchev–Trinajstić information content (AvgIpc) is 3.06. The number of rotatable bonds is 7. The van der Waals surface area contributed by atoms with Crippen molar-refractivity contribution >= 4 is 45.4 Å². The third-order valence-electron chi connectivity index (χ3n) is 6.85. The van der Waals surface area contributed by atoms with Gasteiger partial charge in [-0.25, -0.2) is 0 Å². The smallest absolute Gasteiger partial charge is 0.256 e. The van der Waals surface area contributed by atoms with E-state index in [-0.39, 0.29) is 0 Å². The number of halogens is 3. The maximum atomic E-state index is 12.7. The van der Waals surface area contributed by atoms with Gasteiger partial charge in [-0.2, -0.15) is 28.5 Å². The topological polar surface area (TPSA) is 61.8 Å². The molecule has 0 aliphatic heterocycles. The minimum absolute atomic E-state index is 0.322. The van der Waals surface area contributed by atoms with E-state index in [2.05, 4.69) is 56.9 Å². The predicted octanol–water partition coefficient (Wildman–Crippen LogP) is 12.1. The highest BCUT2D eigenvalue weighted by molar-refractivity contribution is 6.01. The van der Waals surface area contributed by atoms with Crippen LogP contribution in [0, 0.1) is 0 Å². The summed E-state index contributed by atoms with van der Waals surface area (Å²) in [6.07, 6.45) is -2.53. The van der Waals surface area contributed by atoms with E-state index in [9.17, 15) is 13.2 Å². The first-order valence-electron chi connectivity index (χ1n) is 13.7. The fourth-order valence-corrected chi connectivity index (χ4v) is 4.53. The molecule has 0 amide bonds. The van der Waals surface area contributed by atoms with Crippen molar-refractivity contribution in [2.75, 3.05) is 0 Å². The molecule has 0 aliphatic rings. The minimum atomic E-state index is -4.39. The van der Waals surface area contributed by atoms with Crippen LogP contribution in [-0.4, -0.2) is 6.21 Å². The zero-order chi connectivity index (χ0) is 30.4. The maximum absolute atomic E-state index is 12.7. The molecule has 6 aromatic carbocycles. The van der Waals surface area contributed by atoms with Crippen LogP contribution in [0.25, 0.3) is 21.9 Å². The summed E-state index contributed by atoms with van der Waals surface area (Å²) in [6, 6.07) is 41.7. The first-order valence-corrected chi connectivity index (χ1v) is 13.7. The van der Waals surface area contributed by atoms with Gasteiger partial charge in [0.25, 0.3) is 0 Å². The van der Waals surface area contributed by atoms with Crippen molar-refractivity contribution in [3.8, 4) is 11.1 Å². The summed E-state index contributed by atoms with van der Waals surface area (Å²) in [5.74, 6) is 0. The van der Waals surface area contributed by atoms with E-state index in [4.69, 9.17) is 4.99 Å². The van der Waals surface area contributed by atoms with Crippen LogP contribution >= 0.6 is 0 Å². The van der Waals surface area contributed by atoms with E-state index < -0.39 is 11.7 Å². The zero-order valence-corrected chi connectivity index (χ0v) is 23.2. The first kappa shape index (κ1) is 28.4. The molecular formula is C36H24F3N5. The number of nitrogens with zero attached hydrogens (tertiary/aromatic N) is 5. The van der Waals surface area contributed by atoms with Crippen LogP contribution in [0.4, 0.5) is 41.6 Å². The molecule has 0 aliphatic carbocycles. The van der Waals surface area contributed by atoms with Gasteiger partial charge in [-0.3, -0.25) is 4.99 Å². The molecule has 0 unspecified atom stereocenters. The summed E-state index contributed by atoms with van der Waals surface area (Å²) in [6.45, 7) is 0. The molecule has 0 heterocycles. The molecule has 0 radical (unpaired) electrons. The van der Waals surface area contributed by atoms with E-state index in [0.29, 0.717) is 22.7 Å². The lowest BCUT2D eigenvalue weighted by Gasteiger charge is -2.05. The van der Waals surface area contributed by atoms with Crippen LogP contribution in [0.1, 0.15) is 11.1 Å². The SMILES string of the molecule is FC(F)(F)c1ccc(N=Nc2ccc(N=Nc3ccc(N=Cc4ccc(-c5ccccc5)cc4)c4ccccc34)cc2)cc1.